The molecule has 0 bridgehead atoms. The third-order valence-electron chi connectivity index (χ3n) is 3.13. The molecule has 4 heteroatoms. The molecule has 96 valence electrons. The van der Waals surface area contributed by atoms with Gasteiger partial charge >= 0.3 is 0 Å². The van der Waals surface area contributed by atoms with Crippen molar-refractivity contribution in [1.82, 2.24) is 0 Å². The van der Waals surface area contributed by atoms with Crippen LogP contribution in [-0.4, -0.2) is 37.1 Å². The molecule has 2 heterocycles. The minimum atomic E-state index is 0.345. The van der Waals surface area contributed by atoms with Gasteiger partial charge in [0.15, 0.2) is 11.8 Å². The van der Waals surface area contributed by atoms with Gasteiger partial charge in [-0.2, -0.15) is 0 Å². The van der Waals surface area contributed by atoms with E-state index in [9.17, 15) is 0 Å². The van der Waals surface area contributed by atoms with Crippen LogP contribution in [0.4, 0.5) is 0 Å². The fourth-order valence-corrected chi connectivity index (χ4v) is 2.04. The summed E-state index contributed by atoms with van der Waals surface area (Å²) in [5.41, 5.74) is 0. The van der Waals surface area contributed by atoms with E-state index in [0.29, 0.717) is 12.1 Å². The van der Waals surface area contributed by atoms with Crippen molar-refractivity contribution < 1.29 is 9.47 Å². The second kappa shape index (κ2) is 6.03. The van der Waals surface area contributed by atoms with E-state index >= 15 is 0 Å². The lowest BCUT2D eigenvalue weighted by Gasteiger charge is -2.02. The Morgan fingerprint density at radius 3 is 2.24 bits per heavy atom. The van der Waals surface area contributed by atoms with Crippen molar-refractivity contribution in [1.29, 1.82) is 0 Å². The Balaban J connectivity index is 1.59. The zero-order valence-corrected chi connectivity index (χ0v) is 10.8. The summed E-state index contributed by atoms with van der Waals surface area (Å²) >= 11 is 0. The molecular formula is C13H22N2O2. The van der Waals surface area contributed by atoms with Crippen LogP contribution < -0.4 is 0 Å². The Labute approximate surface area is 103 Å². The Morgan fingerprint density at radius 2 is 1.71 bits per heavy atom. The van der Waals surface area contributed by atoms with Gasteiger partial charge in [0.25, 0.3) is 0 Å². The van der Waals surface area contributed by atoms with E-state index in [0.717, 1.165) is 57.1 Å². The predicted octanol–water partition coefficient (Wildman–Crippen LogP) is 2.57. The van der Waals surface area contributed by atoms with E-state index in [4.69, 9.17) is 9.47 Å². The first-order valence-electron chi connectivity index (χ1n) is 6.67. The molecule has 0 aromatic heterocycles. The molecule has 0 radical (unpaired) electrons. The minimum absolute atomic E-state index is 0.345. The second-order valence-corrected chi connectivity index (χ2v) is 4.79. The Morgan fingerprint density at radius 1 is 1.06 bits per heavy atom. The molecule has 2 atom stereocenters. The zero-order valence-electron chi connectivity index (χ0n) is 10.8. The van der Waals surface area contributed by atoms with Crippen molar-refractivity contribution in [3.05, 3.63) is 0 Å². The SMILES string of the molecule is CCC1COC(CCCCC2=NC(C)CO2)=N1. The highest BCUT2D eigenvalue weighted by Gasteiger charge is 2.17. The van der Waals surface area contributed by atoms with Gasteiger partial charge in [0.05, 0.1) is 12.1 Å². The van der Waals surface area contributed by atoms with Crippen LogP contribution in [0.2, 0.25) is 0 Å². The summed E-state index contributed by atoms with van der Waals surface area (Å²) in [6.07, 6.45) is 5.19. The molecule has 0 amide bonds. The fourth-order valence-electron chi connectivity index (χ4n) is 2.04. The van der Waals surface area contributed by atoms with Gasteiger partial charge in [-0.05, 0) is 26.2 Å². The molecular weight excluding hydrogens is 216 g/mol. The number of unbranched alkanes of at least 4 members (excludes halogenated alkanes) is 1. The van der Waals surface area contributed by atoms with Gasteiger partial charge in [-0.25, -0.2) is 9.98 Å². The molecule has 0 saturated carbocycles. The lowest BCUT2D eigenvalue weighted by atomic mass is 10.2. The Kier molecular flexibility index (Phi) is 4.40. The third kappa shape index (κ3) is 3.72. The number of hydrogen-bond acceptors (Lipinski definition) is 4. The van der Waals surface area contributed by atoms with E-state index in [1.54, 1.807) is 0 Å². The molecule has 0 aromatic carbocycles. The summed E-state index contributed by atoms with van der Waals surface area (Å²) in [5, 5.41) is 0. The van der Waals surface area contributed by atoms with Crippen LogP contribution in [0.3, 0.4) is 0 Å². The molecule has 0 spiro atoms. The standard InChI is InChI=1S/C13H22N2O2/c1-3-11-9-17-13(15-11)7-5-4-6-12-14-10(2)8-16-12/h10-11H,3-9H2,1-2H3. The van der Waals surface area contributed by atoms with E-state index < -0.39 is 0 Å². The molecule has 4 nitrogen and oxygen atoms in total. The van der Waals surface area contributed by atoms with Crippen molar-refractivity contribution >= 4 is 11.8 Å². The molecule has 0 aliphatic carbocycles. The molecule has 2 unspecified atom stereocenters. The average molecular weight is 238 g/mol. The maximum atomic E-state index is 5.53. The molecule has 17 heavy (non-hydrogen) atoms. The lowest BCUT2D eigenvalue weighted by Crippen LogP contribution is -2.03. The quantitative estimate of drug-likeness (QED) is 0.667. The smallest absolute Gasteiger partial charge is 0.183 e. The highest BCUT2D eigenvalue weighted by Crippen LogP contribution is 2.14. The van der Waals surface area contributed by atoms with Crippen molar-refractivity contribution in [2.75, 3.05) is 13.2 Å². The van der Waals surface area contributed by atoms with E-state index in [2.05, 4.69) is 23.8 Å². The number of nitrogens with zero attached hydrogens (tertiary/aromatic N) is 2. The lowest BCUT2D eigenvalue weighted by molar-refractivity contribution is 0.305. The predicted molar refractivity (Wildman–Crippen MR) is 68.8 cm³/mol. The van der Waals surface area contributed by atoms with Crippen LogP contribution >= 0.6 is 0 Å². The summed E-state index contributed by atoms with van der Waals surface area (Å²) in [6.45, 7) is 5.76. The summed E-state index contributed by atoms with van der Waals surface area (Å²) in [4.78, 5) is 8.94. The van der Waals surface area contributed by atoms with Gasteiger partial charge in [-0.1, -0.05) is 6.92 Å². The third-order valence-corrected chi connectivity index (χ3v) is 3.13. The van der Waals surface area contributed by atoms with Crippen LogP contribution in [0.5, 0.6) is 0 Å². The van der Waals surface area contributed by atoms with Gasteiger partial charge in [0.1, 0.15) is 13.2 Å². The summed E-state index contributed by atoms with van der Waals surface area (Å²) < 4.78 is 11.0. The van der Waals surface area contributed by atoms with Gasteiger partial charge in [0.2, 0.25) is 0 Å². The molecule has 2 rings (SSSR count). The Bertz CT molecular complexity index is 313. The molecule has 0 saturated heterocycles. The summed E-state index contributed by atoms with van der Waals surface area (Å²) in [7, 11) is 0. The minimum Gasteiger partial charge on any atom is -0.479 e. The van der Waals surface area contributed by atoms with Gasteiger partial charge in [-0.3, -0.25) is 0 Å². The Hall–Kier alpha value is -1.06. The van der Waals surface area contributed by atoms with Crippen LogP contribution in [-0.2, 0) is 9.47 Å². The first-order chi connectivity index (χ1) is 8.28. The van der Waals surface area contributed by atoms with Crippen molar-refractivity contribution in [3.63, 3.8) is 0 Å². The van der Waals surface area contributed by atoms with Crippen molar-refractivity contribution in [2.45, 2.75) is 58.0 Å². The molecule has 0 aromatic rings. The number of ether oxygens (including phenoxy) is 2. The number of hydrogen-bond donors (Lipinski definition) is 0. The summed E-state index contributed by atoms with van der Waals surface area (Å²) in [6, 6.07) is 0.742. The van der Waals surface area contributed by atoms with E-state index in [1.807, 2.05) is 0 Å². The van der Waals surface area contributed by atoms with Crippen LogP contribution in [0, 0.1) is 0 Å². The van der Waals surface area contributed by atoms with Gasteiger partial charge in [0, 0.05) is 12.8 Å². The maximum absolute atomic E-state index is 5.53. The molecule has 0 fully saturated rings. The largest absolute Gasteiger partial charge is 0.479 e. The normalized spacial score (nSPS) is 27.4. The molecule has 0 N–H and O–H groups in total. The van der Waals surface area contributed by atoms with E-state index in [1.165, 1.54) is 0 Å². The first kappa shape index (κ1) is 12.4. The second-order valence-electron chi connectivity index (χ2n) is 4.79. The van der Waals surface area contributed by atoms with Crippen LogP contribution in [0.25, 0.3) is 0 Å². The van der Waals surface area contributed by atoms with Crippen molar-refractivity contribution in [2.24, 2.45) is 9.98 Å². The average Bonchev–Trinajstić information content (AvgIpc) is 2.93. The first-order valence-corrected chi connectivity index (χ1v) is 6.67. The molecule has 2 aliphatic rings. The fraction of sp³-hybridized carbons (Fsp3) is 0.846. The van der Waals surface area contributed by atoms with Crippen LogP contribution in [0.1, 0.15) is 46.0 Å². The maximum Gasteiger partial charge on any atom is 0.183 e. The van der Waals surface area contributed by atoms with Gasteiger partial charge in [-0.15, -0.1) is 0 Å². The topological polar surface area (TPSA) is 43.2 Å². The highest BCUT2D eigenvalue weighted by atomic mass is 16.5. The van der Waals surface area contributed by atoms with E-state index in [-0.39, 0.29) is 0 Å². The number of rotatable bonds is 6. The monoisotopic (exact) mass is 238 g/mol. The highest BCUT2D eigenvalue weighted by molar-refractivity contribution is 5.78. The molecule has 2 aliphatic heterocycles. The van der Waals surface area contributed by atoms with Gasteiger partial charge < -0.3 is 9.47 Å². The zero-order chi connectivity index (χ0) is 12.1. The number of aliphatic imine (C=N–C) groups is 2. The van der Waals surface area contributed by atoms with Crippen LogP contribution in [0.15, 0.2) is 9.98 Å². The van der Waals surface area contributed by atoms with Crippen molar-refractivity contribution in [3.8, 4) is 0 Å². The summed E-state index contributed by atoms with van der Waals surface area (Å²) in [5.74, 6) is 1.87.